The Labute approximate surface area is 183 Å². The molecular formula is C26H28N2O3. The lowest BCUT2D eigenvalue weighted by atomic mass is 9.77. The third kappa shape index (κ3) is 5.23. The molecule has 3 aromatic rings. The Bertz CT molecular complexity index is 1010. The lowest BCUT2D eigenvalue weighted by Crippen LogP contribution is -2.16. The van der Waals surface area contributed by atoms with E-state index in [1.807, 2.05) is 36.5 Å². The molecule has 1 aliphatic rings. The predicted octanol–water partition coefficient (Wildman–Crippen LogP) is 6.25. The van der Waals surface area contributed by atoms with Gasteiger partial charge in [0.05, 0.1) is 12.8 Å². The van der Waals surface area contributed by atoms with E-state index in [1.54, 1.807) is 7.11 Å². The highest BCUT2D eigenvalue weighted by Gasteiger charge is 2.23. The zero-order valence-corrected chi connectivity index (χ0v) is 17.8. The van der Waals surface area contributed by atoms with Gasteiger partial charge in [-0.3, -0.25) is 4.79 Å². The van der Waals surface area contributed by atoms with Crippen molar-refractivity contribution in [3.63, 3.8) is 0 Å². The molecule has 2 N–H and O–H groups in total. The monoisotopic (exact) mass is 416 g/mol. The van der Waals surface area contributed by atoms with E-state index >= 15 is 0 Å². The number of ether oxygens (including phenoxy) is 1. The van der Waals surface area contributed by atoms with E-state index in [-0.39, 0.29) is 0 Å². The molecule has 0 unspecified atom stereocenters. The molecule has 1 aromatic heterocycles. The molecule has 1 aliphatic carbocycles. The number of benzene rings is 2. The van der Waals surface area contributed by atoms with Crippen molar-refractivity contribution in [2.24, 2.45) is 5.92 Å². The molecular weight excluding hydrogens is 388 g/mol. The Kier molecular flexibility index (Phi) is 6.51. The molecule has 5 nitrogen and oxygen atoms in total. The summed E-state index contributed by atoms with van der Waals surface area (Å²) in [6, 6.07) is 20.5. The van der Waals surface area contributed by atoms with Crippen molar-refractivity contribution in [1.29, 1.82) is 0 Å². The molecule has 0 radical (unpaired) electrons. The summed E-state index contributed by atoms with van der Waals surface area (Å²) in [6.07, 6.45) is 6.33. The molecule has 31 heavy (non-hydrogen) atoms. The number of carboxylic acid groups (broad SMARTS) is 1. The Morgan fingerprint density at radius 3 is 2.35 bits per heavy atom. The number of nitrogens with one attached hydrogen (secondary N) is 1. The van der Waals surface area contributed by atoms with Crippen molar-refractivity contribution >= 4 is 17.5 Å². The van der Waals surface area contributed by atoms with E-state index in [4.69, 9.17) is 9.84 Å². The molecule has 160 valence electrons. The molecule has 0 atom stereocenters. The number of nitrogens with zero attached hydrogens (tertiary/aromatic N) is 1. The van der Waals surface area contributed by atoms with Gasteiger partial charge in [-0.1, -0.05) is 36.4 Å². The summed E-state index contributed by atoms with van der Waals surface area (Å²) in [7, 11) is 1.66. The van der Waals surface area contributed by atoms with Gasteiger partial charge in [0.25, 0.3) is 0 Å². The second-order valence-electron chi connectivity index (χ2n) is 8.19. The summed E-state index contributed by atoms with van der Waals surface area (Å²) in [5.74, 6) is 1.74. The van der Waals surface area contributed by atoms with Crippen LogP contribution < -0.4 is 10.1 Å². The number of carbonyl (C=O) groups is 1. The molecule has 4 rings (SSSR count). The van der Waals surface area contributed by atoms with Crippen LogP contribution in [-0.4, -0.2) is 23.2 Å². The number of methoxy groups -OCH3 is 1. The Hall–Kier alpha value is -3.34. The number of rotatable bonds is 7. The maximum absolute atomic E-state index is 10.9. The quantitative estimate of drug-likeness (QED) is 0.476. The van der Waals surface area contributed by atoms with Gasteiger partial charge < -0.3 is 15.2 Å². The normalized spacial score (nSPS) is 18.4. The summed E-state index contributed by atoms with van der Waals surface area (Å²) < 4.78 is 5.38. The van der Waals surface area contributed by atoms with E-state index < -0.39 is 5.97 Å². The van der Waals surface area contributed by atoms with Gasteiger partial charge in [-0.25, -0.2) is 4.98 Å². The highest BCUT2D eigenvalue weighted by molar-refractivity contribution is 5.68. The zero-order chi connectivity index (χ0) is 21.6. The second kappa shape index (κ2) is 9.65. The maximum Gasteiger partial charge on any atom is 0.303 e. The smallest absolute Gasteiger partial charge is 0.303 e. The van der Waals surface area contributed by atoms with Gasteiger partial charge >= 0.3 is 5.97 Å². The van der Waals surface area contributed by atoms with Crippen LogP contribution in [0.2, 0.25) is 0 Å². The number of carboxylic acids is 1. The Morgan fingerprint density at radius 1 is 1.00 bits per heavy atom. The lowest BCUT2D eigenvalue weighted by molar-refractivity contribution is -0.138. The van der Waals surface area contributed by atoms with Crippen LogP contribution in [0.1, 0.15) is 43.6 Å². The average molecular weight is 417 g/mol. The SMILES string of the molecule is COc1ccccc1Nc1ccc(-c2ccc(C3CCC(CC(=O)O)CC3)cc2)cn1. The predicted molar refractivity (Wildman–Crippen MR) is 123 cm³/mol. The van der Waals surface area contributed by atoms with Crippen molar-refractivity contribution in [2.45, 2.75) is 38.0 Å². The Morgan fingerprint density at radius 2 is 1.71 bits per heavy atom. The molecule has 1 fully saturated rings. The van der Waals surface area contributed by atoms with E-state index in [1.165, 1.54) is 5.56 Å². The lowest BCUT2D eigenvalue weighted by Gasteiger charge is -2.28. The maximum atomic E-state index is 10.9. The third-order valence-corrected chi connectivity index (χ3v) is 6.16. The minimum atomic E-state index is -0.675. The first-order valence-corrected chi connectivity index (χ1v) is 10.8. The van der Waals surface area contributed by atoms with Crippen LogP contribution in [0.5, 0.6) is 5.75 Å². The fraction of sp³-hybridized carbons (Fsp3) is 0.308. The Balaban J connectivity index is 1.39. The number of aliphatic carboxylic acids is 1. The fourth-order valence-corrected chi connectivity index (χ4v) is 4.42. The highest BCUT2D eigenvalue weighted by Crippen LogP contribution is 2.37. The largest absolute Gasteiger partial charge is 0.495 e. The van der Waals surface area contributed by atoms with Gasteiger partial charge in [-0.05, 0) is 72.9 Å². The van der Waals surface area contributed by atoms with Crippen molar-refractivity contribution < 1.29 is 14.6 Å². The molecule has 1 heterocycles. The van der Waals surface area contributed by atoms with Crippen molar-refractivity contribution in [3.05, 3.63) is 72.4 Å². The van der Waals surface area contributed by atoms with Gasteiger partial charge in [0.1, 0.15) is 11.6 Å². The second-order valence-corrected chi connectivity index (χ2v) is 8.19. The molecule has 0 amide bonds. The fourth-order valence-electron chi connectivity index (χ4n) is 4.42. The topological polar surface area (TPSA) is 71.5 Å². The number of aromatic nitrogens is 1. The summed E-state index contributed by atoms with van der Waals surface area (Å²) >= 11 is 0. The number of pyridine rings is 1. The first-order chi connectivity index (χ1) is 15.1. The van der Waals surface area contributed by atoms with Crippen LogP contribution >= 0.6 is 0 Å². The van der Waals surface area contributed by atoms with Crippen LogP contribution in [0.25, 0.3) is 11.1 Å². The zero-order valence-electron chi connectivity index (χ0n) is 17.8. The van der Waals surface area contributed by atoms with Crippen molar-refractivity contribution in [3.8, 4) is 16.9 Å². The van der Waals surface area contributed by atoms with E-state index in [9.17, 15) is 4.79 Å². The van der Waals surface area contributed by atoms with Gasteiger partial charge in [0, 0.05) is 18.2 Å². The standard InChI is InChI=1S/C26H28N2O3/c1-31-24-5-3-2-4-23(24)28-25-15-14-22(17-27-25)21-12-10-20(11-13-21)19-8-6-18(7-9-19)16-26(29)30/h2-5,10-15,17-19H,6-9,16H2,1H3,(H,27,28)(H,29,30). The molecule has 1 saturated carbocycles. The van der Waals surface area contributed by atoms with Gasteiger partial charge in [0.2, 0.25) is 0 Å². The minimum absolute atomic E-state index is 0.306. The highest BCUT2D eigenvalue weighted by atomic mass is 16.5. The summed E-state index contributed by atoms with van der Waals surface area (Å²) in [4.78, 5) is 15.5. The van der Waals surface area contributed by atoms with Crippen LogP contribution in [0, 0.1) is 5.92 Å². The van der Waals surface area contributed by atoms with Crippen molar-refractivity contribution in [1.82, 2.24) is 4.98 Å². The van der Waals surface area contributed by atoms with Crippen LogP contribution in [0.15, 0.2) is 66.9 Å². The van der Waals surface area contributed by atoms with Gasteiger partial charge in [0.15, 0.2) is 0 Å². The first kappa shape index (κ1) is 20.9. The van der Waals surface area contributed by atoms with Crippen LogP contribution in [0.4, 0.5) is 11.5 Å². The number of hydrogen-bond acceptors (Lipinski definition) is 4. The van der Waals surface area contributed by atoms with Gasteiger partial charge in [-0.15, -0.1) is 0 Å². The van der Waals surface area contributed by atoms with Crippen LogP contribution in [-0.2, 0) is 4.79 Å². The summed E-state index contributed by atoms with van der Waals surface area (Å²) in [5, 5.41) is 12.3. The average Bonchev–Trinajstić information content (AvgIpc) is 2.80. The summed E-state index contributed by atoms with van der Waals surface area (Å²) in [6.45, 7) is 0. The molecule has 5 heteroatoms. The summed E-state index contributed by atoms with van der Waals surface area (Å²) in [5.41, 5.74) is 4.44. The first-order valence-electron chi connectivity index (χ1n) is 10.8. The number of hydrogen-bond donors (Lipinski definition) is 2. The molecule has 0 aliphatic heterocycles. The third-order valence-electron chi connectivity index (χ3n) is 6.16. The van der Waals surface area contributed by atoms with E-state index in [0.717, 1.165) is 54.1 Å². The molecule has 0 saturated heterocycles. The molecule has 0 spiro atoms. The van der Waals surface area contributed by atoms with E-state index in [2.05, 4.69) is 40.6 Å². The minimum Gasteiger partial charge on any atom is -0.495 e. The van der Waals surface area contributed by atoms with E-state index in [0.29, 0.717) is 18.3 Å². The van der Waals surface area contributed by atoms with Crippen LogP contribution in [0.3, 0.4) is 0 Å². The molecule has 0 bridgehead atoms. The number of anilines is 2. The number of para-hydroxylation sites is 2. The van der Waals surface area contributed by atoms with Gasteiger partial charge in [-0.2, -0.15) is 0 Å². The molecule has 2 aromatic carbocycles. The van der Waals surface area contributed by atoms with Crippen molar-refractivity contribution in [2.75, 3.05) is 12.4 Å².